The van der Waals surface area contributed by atoms with E-state index in [2.05, 4.69) is 22.8 Å². The molecule has 2 aromatic rings. The molecule has 2 amide bonds. The van der Waals surface area contributed by atoms with E-state index in [1.54, 1.807) is 0 Å². The third kappa shape index (κ3) is 5.17. The summed E-state index contributed by atoms with van der Waals surface area (Å²) in [6.07, 6.45) is 2.04. The molecule has 1 saturated heterocycles. The van der Waals surface area contributed by atoms with Gasteiger partial charge in [-0.2, -0.15) is 0 Å². The van der Waals surface area contributed by atoms with Crippen molar-refractivity contribution in [3.05, 3.63) is 66.2 Å². The third-order valence-electron chi connectivity index (χ3n) is 4.57. The molecule has 0 bridgehead atoms. The van der Waals surface area contributed by atoms with Crippen molar-refractivity contribution in [1.29, 1.82) is 0 Å². The maximum atomic E-state index is 12.6. The maximum Gasteiger partial charge on any atom is 0.240 e. The summed E-state index contributed by atoms with van der Waals surface area (Å²) in [6, 6.07) is 19.2. The number of nitrogens with zero attached hydrogens (tertiary/aromatic N) is 1. The monoisotopic (exact) mass is 351 g/mol. The number of nitrogens with one attached hydrogen (secondary N) is 2. The Balaban J connectivity index is 1.47. The Morgan fingerprint density at radius 3 is 2.50 bits per heavy atom. The molecule has 1 fully saturated rings. The second-order valence-corrected chi connectivity index (χ2v) is 6.54. The molecule has 0 radical (unpaired) electrons. The first-order valence-corrected chi connectivity index (χ1v) is 9.13. The largest absolute Gasteiger partial charge is 0.340 e. The fourth-order valence-corrected chi connectivity index (χ4v) is 3.21. The number of rotatable bonds is 7. The Hall–Kier alpha value is -2.66. The summed E-state index contributed by atoms with van der Waals surface area (Å²) in [5.74, 6) is -0.124. The van der Waals surface area contributed by atoms with E-state index < -0.39 is 6.04 Å². The first-order valence-electron chi connectivity index (χ1n) is 9.13. The number of hydrogen-bond donors (Lipinski definition) is 2. The van der Waals surface area contributed by atoms with Crippen molar-refractivity contribution in [3.63, 3.8) is 0 Å². The number of hydrogen-bond acceptors (Lipinski definition) is 3. The number of benzene rings is 2. The van der Waals surface area contributed by atoms with E-state index in [4.69, 9.17) is 0 Å². The van der Waals surface area contributed by atoms with Crippen LogP contribution in [0.3, 0.4) is 0 Å². The number of carbonyl (C=O) groups excluding carboxylic acids is 2. The minimum Gasteiger partial charge on any atom is -0.340 e. The van der Waals surface area contributed by atoms with Crippen molar-refractivity contribution in [2.75, 3.05) is 25.0 Å². The SMILES string of the molecule is O=C(CC1NCCN(CCCc2ccccc2)C1=O)Nc1ccccc1. The molecule has 1 unspecified atom stereocenters. The molecule has 5 heteroatoms. The molecule has 3 rings (SSSR count). The molecule has 2 N–H and O–H groups in total. The number of amides is 2. The Morgan fingerprint density at radius 1 is 1.08 bits per heavy atom. The van der Waals surface area contributed by atoms with Crippen LogP contribution in [0.5, 0.6) is 0 Å². The Labute approximate surface area is 154 Å². The van der Waals surface area contributed by atoms with Gasteiger partial charge in [0.15, 0.2) is 0 Å². The highest BCUT2D eigenvalue weighted by Gasteiger charge is 2.29. The van der Waals surface area contributed by atoms with E-state index >= 15 is 0 Å². The summed E-state index contributed by atoms with van der Waals surface area (Å²) < 4.78 is 0. The van der Waals surface area contributed by atoms with Crippen molar-refractivity contribution >= 4 is 17.5 Å². The van der Waals surface area contributed by atoms with Crippen LogP contribution in [0.2, 0.25) is 0 Å². The lowest BCUT2D eigenvalue weighted by atomic mass is 10.1. The van der Waals surface area contributed by atoms with Gasteiger partial charge in [0.25, 0.3) is 0 Å². The average molecular weight is 351 g/mol. The number of para-hydroxylation sites is 1. The lowest BCUT2D eigenvalue weighted by Gasteiger charge is -2.33. The zero-order chi connectivity index (χ0) is 18.2. The fourth-order valence-electron chi connectivity index (χ4n) is 3.21. The second-order valence-electron chi connectivity index (χ2n) is 6.54. The van der Waals surface area contributed by atoms with Crippen molar-refractivity contribution < 1.29 is 9.59 Å². The molecule has 26 heavy (non-hydrogen) atoms. The maximum absolute atomic E-state index is 12.6. The summed E-state index contributed by atoms with van der Waals surface area (Å²) in [7, 11) is 0. The van der Waals surface area contributed by atoms with Crippen LogP contribution in [0.4, 0.5) is 5.69 Å². The standard InChI is InChI=1S/C21H25N3O2/c25-20(23-18-11-5-2-6-12-18)16-19-21(26)24(15-13-22-19)14-7-10-17-8-3-1-4-9-17/h1-6,8-9,11-12,19,22H,7,10,13-16H2,(H,23,25). The Bertz CT molecular complexity index is 719. The average Bonchev–Trinajstić information content (AvgIpc) is 2.66. The predicted octanol–water partition coefficient (Wildman–Crippen LogP) is 2.45. The van der Waals surface area contributed by atoms with E-state index in [1.807, 2.05) is 53.4 Å². The molecule has 1 heterocycles. The highest BCUT2D eigenvalue weighted by Crippen LogP contribution is 2.11. The summed E-state index contributed by atoms with van der Waals surface area (Å²) in [4.78, 5) is 26.7. The zero-order valence-electron chi connectivity index (χ0n) is 14.9. The molecular weight excluding hydrogens is 326 g/mol. The van der Waals surface area contributed by atoms with Crippen molar-refractivity contribution in [2.45, 2.75) is 25.3 Å². The Morgan fingerprint density at radius 2 is 1.77 bits per heavy atom. The molecule has 136 valence electrons. The van der Waals surface area contributed by atoms with E-state index in [9.17, 15) is 9.59 Å². The van der Waals surface area contributed by atoms with Gasteiger partial charge in [0.1, 0.15) is 0 Å². The Kier molecular flexibility index (Phi) is 6.39. The van der Waals surface area contributed by atoms with E-state index in [0.717, 1.165) is 31.6 Å². The van der Waals surface area contributed by atoms with E-state index in [1.165, 1.54) is 5.56 Å². The molecule has 0 aromatic heterocycles. The van der Waals surface area contributed by atoms with Crippen molar-refractivity contribution in [3.8, 4) is 0 Å². The molecule has 0 aliphatic carbocycles. The topological polar surface area (TPSA) is 61.4 Å². The summed E-state index contributed by atoms with van der Waals surface area (Å²) in [6.45, 7) is 2.15. The molecule has 1 atom stereocenters. The molecule has 1 aliphatic heterocycles. The van der Waals surface area contributed by atoms with Crippen LogP contribution in [-0.4, -0.2) is 42.4 Å². The minimum atomic E-state index is -0.441. The third-order valence-corrected chi connectivity index (χ3v) is 4.57. The van der Waals surface area contributed by atoms with Gasteiger partial charge in [0.2, 0.25) is 11.8 Å². The quantitative estimate of drug-likeness (QED) is 0.805. The van der Waals surface area contributed by atoms with Crippen LogP contribution in [0, 0.1) is 0 Å². The van der Waals surface area contributed by atoms with Crippen LogP contribution in [0.1, 0.15) is 18.4 Å². The van der Waals surface area contributed by atoms with Gasteiger partial charge in [-0.05, 0) is 30.5 Å². The molecule has 5 nitrogen and oxygen atoms in total. The zero-order valence-corrected chi connectivity index (χ0v) is 14.9. The number of piperazine rings is 1. The van der Waals surface area contributed by atoms with Gasteiger partial charge in [-0.3, -0.25) is 9.59 Å². The highest BCUT2D eigenvalue weighted by atomic mass is 16.2. The number of anilines is 1. The number of aryl methyl sites for hydroxylation is 1. The normalized spacial score (nSPS) is 17.2. The number of carbonyl (C=O) groups is 2. The first kappa shape index (κ1) is 18.1. The molecule has 0 saturated carbocycles. The summed E-state index contributed by atoms with van der Waals surface area (Å²) in [5, 5.41) is 6.01. The van der Waals surface area contributed by atoms with Gasteiger partial charge < -0.3 is 15.5 Å². The van der Waals surface area contributed by atoms with Gasteiger partial charge in [-0.15, -0.1) is 0 Å². The van der Waals surface area contributed by atoms with Gasteiger partial charge >= 0.3 is 0 Å². The van der Waals surface area contributed by atoms with Gasteiger partial charge in [0, 0.05) is 25.3 Å². The smallest absolute Gasteiger partial charge is 0.240 e. The molecule has 0 spiro atoms. The van der Waals surface area contributed by atoms with Crippen LogP contribution < -0.4 is 10.6 Å². The van der Waals surface area contributed by atoms with Gasteiger partial charge in [0.05, 0.1) is 12.5 Å². The van der Waals surface area contributed by atoms with E-state index in [-0.39, 0.29) is 18.2 Å². The summed E-state index contributed by atoms with van der Waals surface area (Å²) in [5.41, 5.74) is 2.04. The molecule has 1 aliphatic rings. The molecule has 2 aromatic carbocycles. The van der Waals surface area contributed by atoms with Gasteiger partial charge in [-0.25, -0.2) is 0 Å². The first-order chi connectivity index (χ1) is 12.7. The second kappa shape index (κ2) is 9.15. The van der Waals surface area contributed by atoms with Crippen LogP contribution in [-0.2, 0) is 16.0 Å². The molecular formula is C21H25N3O2. The van der Waals surface area contributed by atoms with Crippen molar-refractivity contribution in [1.82, 2.24) is 10.2 Å². The lowest BCUT2D eigenvalue weighted by Crippen LogP contribution is -2.56. The van der Waals surface area contributed by atoms with Crippen molar-refractivity contribution in [2.24, 2.45) is 0 Å². The minimum absolute atomic E-state index is 0.0209. The van der Waals surface area contributed by atoms with Crippen LogP contribution in [0.25, 0.3) is 0 Å². The van der Waals surface area contributed by atoms with Gasteiger partial charge in [-0.1, -0.05) is 48.5 Å². The van der Waals surface area contributed by atoms with Crippen LogP contribution >= 0.6 is 0 Å². The highest BCUT2D eigenvalue weighted by molar-refractivity contribution is 5.95. The summed E-state index contributed by atoms with van der Waals surface area (Å²) >= 11 is 0. The predicted molar refractivity (Wildman–Crippen MR) is 103 cm³/mol. The van der Waals surface area contributed by atoms with Crippen LogP contribution in [0.15, 0.2) is 60.7 Å². The van der Waals surface area contributed by atoms with E-state index in [0.29, 0.717) is 6.54 Å². The lowest BCUT2D eigenvalue weighted by molar-refractivity contribution is -0.137. The fraction of sp³-hybridized carbons (Fsp3) is 0.333.